The lowest BCUT2D eigenvalue weighted by molar-refractivity contribution is -0.686. The number of unbranched alkanes of at least 4 members (excludes halogenated alkanes) is 3. The Morgan fingerprint density at radius 3 is 1.27 bits per heavy atom. The van der Waals surface area contributed by atoms with Crippen molar-refractivity contribution in [1.82, 2.24) is 0 Å². The summed E-state index contributed by atoms with van der Waals surface area (Å²) in [5.41, 5.74) is 10.8. The number of hydrogen-bond donors (Lipinski definition) is 0. The van der Waals surface area contributed by atoms with Gasteiger partial charge in [-0.1, -0.05) is 12.1 Å². The minimum atomic E-state index is 0.917. The number of aryl methyl sites for hydroxylation is 6. The van der Waals surface area contributed by atoms with Gasteiger partial charge in [-0.2, -0.15) is 0 Å². The molecule has 0 aliphatic carbocycles. The molecule has 2 aromatic heterocycles. The molecule has 4 aromatic rings. The monoisotopic (exact) mass is 640 g/mol. The van der Waals surface area contributed by atoms with E-state index >= 15 is 0 Å². The molecule has 8 nitrogen and oxygen atoms in total. The number of rotatable bonds is 11. The summed E-state index contributed by atoms with van der Waals surface area (Å²) in [7, 11) is 0. The molecule has 8 rings (SSSR count). The van der Waals surface area contributed by atoms with E-state index in [1.165, 1.54) is 98.3 Å². The van der Waals surface area contributed by atoms with Crippen LogP contribution in [0.5, 0.6) is 0 Å². The first-order valence-electron chi connectivity index (χ1n) is 18.4. The standard InChI is InChI=1S/C40H48N8/c1(5-19-45-21-7-3-17-37(45)43-41-35-27-31-13-9-23-47-24-10-14-32(28-35)39(31)47)2-6-20-46-22-8-4-18-38(46)44-42-36-29-33-15-11-25-48-26-12-16-34(30-36)40(33)48/h3-4,7-8,17-18,21-22,27-30H,1-2,5-6,9-16,19-20,23-26H2/q+2. The van der Waals surface area contributed by atoms with Gasteiger partial charge in [0.25, 0.3) is 0 Å². The largest absolute Gasteiger partial charge is 0.371 e. The molecule has 4 aliphatic heterocycles. The van der Waals surface area contributed by atoms with Crippen LogP contribution in [-0.2, 0) is 38.8 Å². The maximum Gasteiger partial charge on any atom is 0.350 e. The van der Waals surface area contributed by atoms with Gasteiger partial charge in [-0.3, -0.25) is 0 Å². The van der Waals surface area contributed by atoms with E-state index < -0.39 is 0 Å². The van der Waals surface area contributed by atoms with Crippen molar-refractivity contribution in [3.63, 3.8) is 0 Å². The van der Waals surface area contributed by atoms with Crippen molar-refractivity contribution >= 4 is 34.4 Å². The molecule has 246 valence electrons. The number of aromatic nitrogens is 2. The summed E-state index contributed by atoms with van der Waals surface area (Å²) >= 11 is 0. The van der Waals surface area contributed by atoms with E-state index in [-0.39, 0.29) is 0 Å². The molecule has 8 heteroatoms. The molecular formula is C40H48N8+2. The van der Waals surface area contributed by atoms with E-state index in [1.54, 1.807) is 0 Å². The van der Waals surface area contributed by atoms with Gasteiger partial charge < -0.3 is 9.80 Å². The molecule has 0 unspecified atom stereocenters. The molecule has 0 N–H and O–H groups in total. The van der Waals surface area contributed by atoms with Crippen molar-refractivity contribution in [1.29, 1.82) is 0 Å². The van der Waals surface area contributed by atoms with Gasteiger partial charge >= 0.3 is 11.6 Å². The normalized spacial score (nSPS) is 16.8. The van der Waals surface area contributed by atoms with Crippen molar-refractivity contribution < 1.29 is 9.13 Å². The van der Waals surface area contributed by atoms with Gasteiger partial charge in [-0.05, 0) is 146 Å². The van der Waals surface area contributed by atoms with E-state index in [1.807, 2.05) is 0 Å². The molecule has 0 amide bonds. The molecule has 0 bridgehead atoms. The molecule has 0 radical (unpaired) electrons. The number of anilines is 2. The summed E-state index contributed by atoms with van der Waals surface area (Å²) in [5.74, 6) is 1.83. The smallest absolute Gasteiger partial charge is 0.350 e. The average molecular weight is 641 g/mol. The number of azo groups is 2. The lowest BCUT2D eigenvalue weighted by Crippen LogP contribution is -2.34. The molecule has 0 spiro atoms. The van der Waals surface area contributed by atoms with Gasteiger partial charge in [0, 0.05) is 49.7 Å². The highest BCUT2D eigenvalue weighted by molar-refractivity contribution is 5.68. The topological polar surface area (TPSA) is 63.7 Å². The van der Waals surface area contributed by atoms with E-state index in [9.17, 15) is 0 Å². The SMILES string of the molecule is c1cc[n+](CCCCCC[n+]2ccccc2N=Nc2cc3c4c(c2)CCCN4CCC3)c(N=Nc2cc3c4c(c2)CCCN4CCC3)c1. The minimum absolute atomic E-state index is 0.917. The first kappa shape index (κ1) is 30.8. The summed E-state index contributed by atoms with van der Waals surface area (Å²) in [6.45, 7) is 6.66. The van der Waals surface area contributed by atoms with Gasteiger partial charge in [0.15, 0.2) is 0 Å². The van der Waals surface area contributed by atoms with Crippen molar-refractivity contribution in [3.05, 3.63) is 95.3 Å². The fraction of sp³-hybridized carbons (Fsp3) is 0.450. The van der Waals surface area contributed by atoms with Crippen LogP contribution in [0, 0.1) is 0 Å². The molecule has 6 heterocycles. The van der Waals surface area contributed by atoms with Gasteiger partial charge in [0.05, 0.1) is 35.7 Å². The first-order chi connectivity index (χ1) is 23.8. The predicted molar refractivity (Wildman–Crippen MR) is 191 cm³/mol. The summed E-state index contributed by atoms with van der Waals surface area (Å²) in [6, 6.07) is 21.5. The Morgan fingerprint density at radius 1 is 0.479 bits per heavy atom. The Hall–Kier alpha value is -4.46. The number of pyridine rings is 2. The lowest BCUT2D eigenvalue weighted by atomic mass is 9.91. The average Bonchev–Trinajstić information content (AvgIpc) is 3.12. The maximum absolute atomic E-state index is 4.73. The van der Waals surface area contributed by atoms with Crippen molar-refractivity contribution in [2.75, 3.05) is 36.0 Å². The quantitative estimate of drug-likeness (QED) is 0.0935. The number of nitrogens with zero attached hydrogens (tertiary/aromatic N) is 8. The molecule has 2 aromatic carbocycles. The Kier molecular flexibility index (Phi) is 9.22. The zero-order valence-corrected chi connectivity index (χ0v) is 28.2. The second-order valence-electron chi connectivity index (χ2n) is 13.9. The molecule has 0 saturated carbocycles. The highest BCUT2D eigenvalue weighted by atomic mass is 15.2. The summed E-state index contributed by atoms with van der Waals surface area (Å²) in [6.07, 6.45) is 18.4. The van der Waals surface area contributed by atoms with Crippen molar-refractivity contribution in [2.24, 2.45) is 20.5 Å². The van der Waals surface area contributed by atoms with Crippen LogP contribution in [0.1, 0.15) is 73.6 Å². The maximum atomic E-state index is 4.73. The minimum Gasteiger partial charge on any atom is -0.371 e. The summed E-state index contributed by atoms with van der Waals surface area (Å²) < 4.78 is 4.48. The van der Waals surface area contributed by atoms with E-state index in [0.717, 1.165) is 74.6 Å². The third-order valence-electron chi connectivity index (χ3n) is 10.6. The zero-order valence-electron chi connectivity index (χ0n) is 28.2. The fourth-order valence-electron chi connectivity index (χ4n) is 8.32. The van der Waals surface area contributed by atoms with Crippen LogP contribution in [-0.4, -0.2) is 26.2 Å². The van der Waals surface area contributed by atoms with Crippen molar-refractivity contribution in [2.45, 2.75) is 90.1 Å². The molecule has 0 fully saturated rings. The van der Waals surface area contributed by atoms with Crippen LogP contribution >= 0.6 is 0 Å². The summed E-state index contributed by atoms with van der Waals surface area (Å²) in [4.78, 5) is 5.15. The lowest BCUT2D eigenvalue weighted by Gasteiger charge is -2.36. The van der Waals surface area contributed by atoms with Crippen molar-refractivity contribution in [3.8, 4) is 0 Å². The van der Waals surface area contributed by atoms with E-state index in [2.05, 4.69) is 92.0 Å². The van der Waals surface area contributed by atoms with Gasteiger partial charge in [-0.25, -0.2) is 9.13 Å². The van der Waals surface area contributed by atoms with Crippen LogP contribution in [0.4, 0.5) is 34.4 Å². The van der Waals surface area contributed by atoms with Gasteiger partial charge in [0.2, 0.25) is 0 Å². The van der Waals surface area contributed by atoms with Crippen LogP contribution in [0.2, 0.25) is 0 Å². The molecule has 0 saturated heterocycles. The zero-order chi connectivity index (χ0) is 32.1. The second kappa shape index (κ2) is 14.3. The first-order valence-corrected chi connectivity index (χ1v) is 18.4. The molecule has 4 aliphatic rings. The molecular weight excluding hydrogens is 592 g/mol. The Bertz CT molecular complexity index is 1630. The Morgan fingerprint density at radius 2 is 0.875 bits per heavy atom. The third-order valence-corrected chi connectivity index (χ3v) is 10.6. The van der Waals surface area contributed by atoms with E-state index in [0.29, 0.717) is 0 Å². The molecule has 0 atom stereocenters. The van der Waals surface area contributed by atoms with Gasteiger partial charge in [0.1, 0.15) is 11.4 Å². The third kappa shape index (κ3) is 6.75. The van der Waals surface area contributed by atoms with E-state index in [4.69, 9.17) is 20.5 Å². The van der Waals surface area contributed by atoms with Gasteiger partial charge in [-0.15, -0.1) is 0 Å². The summed E-state index contributed by atoms with van der Waals surface area (Å²) in [5, 5.41) is 18.9. The second-order valence-corrected chi connectivity index (χ2v) is 13.9. The van der Waals surface area contributed by atoms with Crippen LogP contribution in [0.15, 0.2) is 93.5 Å². The number of hydrogen-bond acceptors (Lipinski definition) is 6. The van der Waals surface area contributed by atoms with Crippen LogP contribution < -0.4 is 18.9 Å². The highest BCUT2D eigenvalue weighted by Gasteiger charge is 2.26. The fourth-order valence-corrected chi connectivity index (χ4v) is 8.32. The Labute approximate surface area is 284 Å². The Balaban J connectivity index is 0.846. The predicted octanol–water partition coefficient (Wildman–Crippen LogP) is 8.75. The van der Waals surface area contributed by atoms with Crippen LogP contribution in [0.3, 0.4) is 0 Å². The van der Waals surface area contributed by atoms with Crippen LogP contribution in [0.25, 0.3) is 0 Å². The molecule has 48 heavy (non-hydrogen) atoms. The number of benzene rings is 2. The highest BCUT2D eigenvalue weighted by Crippen LogP contribution is 2.39.